The third-order valence-corrected chi connectivity index (χ3v) is 3.74. The van der Waals surface area contributed by atoms with Crippen molar-refractivity contribution in [2.75, 3.05) is 18.4 Å². The highest BCUT2D eigenvalue weighted by Crippen LogP contribution is 2.14. The Morgan fingerprint density at radius 2 is 2.00 bits per heavy atom. The molecule has 0 radical (unpaired) electrons. The second-order valence-electron chi connectivity index (χ2n) is 5.44. The summed E-state index contributed by atoms with van der Waals surface area (Å²) in [6.45, 7) is 1.57. The third-order valence-electron chi connectivity index (χ3n) is 3.49. The van der Waals surface area contributed by atoms with Crippen molar-refractivity contribution in [1.29, 1.82) is 0 Å². The zero-order valence-electron chi connectivity index (χ0n) is 13.6. The lowest BCUT2D eigenvalue weighted by Gasteiger charge is -2.15. The molecule has 1 aromatic carbocycles. The number of carbonyl (C=O) groups is 4. The Labute approximate surface area is 149 Å². The monoisotopic (exact) mass is 367 g/mol. The van der Waals surface area contributed by atoms with Crippen molar-refractivity contribution in [3.05, 3.63) is 29.3 Å². The van der Waals surface area contributed by atoms with Gasteiger partial charge in [-0.3, -0.25) is 19.3 Å². The molecule has 0 unspecified atom stereocenters. The SMILES string of the molecule is C[C@H](OC(=O)CCCN1C(=O)CNC1=O)C(=O)Nc1ccc(Cl)cc1. The number of benzene rings is 1. The molecule has 0 aliphatic carbocycles. The summed E-state index contributed by atoms with van der Waals surface area (Å²) in [7, 11) is 0. The Morgan fingerprint density at radius 3 is 2.60 bits per heavy atom. The van der Waals surface area contributed by atoms with E-state index in [0.29, 0.717) is 10.7 Å². The molecule has 1 aliphatic heterocycles. The Balaban J connectivity index is 1.71. The van der Waals surface area contributed by atoms with E-state index in [1.165, 1.54) is 6.92 Å². The van der Waals surface area contributed by atoms with Gasteiger partial charge in [0.15, 0.2) is 6.10 Å². The van der Waals surface area contributed by atoms with E-state index in [1.54, 1.807) is 24.3 Å². The molecule has 2 rings (SSSR count). The topological polar surface area (TPSA) is 105 Å². The number of urea groups is 1. The van der Waals surface area contributed by atoms with Crippen LogP contribution in [0, 0.1) is 0 Å². The summed E-state index contributed by atoms with van der Waals surface area (Å²) >= 11 is 5.76. The number of esters is 1. The average Bonchev–Trinajstić information content (AvgIpc) is 2.88. The molecular formula is C16H18ClN3O5. The van der Waals surface area contributed by atoms with Gasteiger partial charge in [0, 0.05) is 23.7 Å². The number of hydrogen-bond donors (Lipinski definition) is 2. The fourth-order valence-corrected chi connectivity index (χ4v) is 2.28. The van der Waals surface area contributed by atoms with Crippen LogP contribution in [0.25, 0.3) is 0 Å². The minimum Gasteiger partial charge on any atom is -0.453 e. The van der Waals surface area contributed by atoms with E-state index >= 15 is 0 Å². The van der Waals surface area contributed by atoms with Crippen molar-refractivity contribution in [3.63, 3.8) is 0 Å². The lowest BCUT2D eigenvalue weighted by atomic mass is 10.2. The minimum atomic E-state index is -0.972. The fraction of sp³-hybridized carbons (Fsp3) is 0.375. The van der Waals surface area contributed by atoms with Crippen molar-refractivity contribution in [2.45, 2.75) is 25.9 Å². The van der Waals surface area contributed by atoms with Crippen LogP contribution < -0.4 is 10.6 Å². The molecule has 2 N–H and O–H groups in total. The fourth-order valence-electron chi connectivity index (χ4n) is 2.15. The van der Waals surface area contributed by atoms with Crippen LogP contribution in [-0.2, 0) is 19.1 Å². The number of nitrogens with one attached hydrogen (secondary N) is 2. The van der Waals surface area contributed by atoms with Crippen LogP contribution in [0.1, 0.15) is 19.8 Å². The first-order valence-electron chi connectivity index (χ1n) is 7.71. The van der Waals surface area contributed by atoms with Gasteiger partial charge < -0.3 is 15.4 Å². The highest BCUT2D eigenvalue weighted by molar-refractivity contribution is 6.30. The number of ether oxygens (including phenoxy) is 1. The number of rotatable bonds is 7. The van der Waals surface area contributed by atoms with E-state index < -0.39 is 24.0 Å². The third kappa shape index (κ3) is 5.46. The molecule has 1 fully saturated rings. The van der Waals surface area contributed by atoms with E-state index in [2.05, 4.69) is 10.6 Å². The molecule has 134 valence electrons. The number of anilines is 1. The lowest BCUT2D eigenvalue weighted by Crippen LogP contribution is -2.33. The highest BCUT2D eigenvalue weighted by Gasteiger charge is 2.28. The number of nitrogens with zero attached hydrogens (tertiary/aromatic N) is 1. The Hall–Kier alpha value is -2.61. The molecule has 0 aromatic heterocycles. The zero-order chi connectivity index (χ0) is 18.4. The predicted octanol–water partition coefficient (Wildman–Crippen LogP) is 1.54. The molecule has 0 bridgehead atoms. The number of imide groups is 1. The minimum absolute atomic E-state index is 0.00434. The van der Waals surface area contributed by atoms with E-state index in [1.807, 2.05) is 0 Å². The molecule has 0 spiro atoms. The summed E-state index contributed by atoms with van der Waals surface area (Å²) in [5.41, 5.74) is 0.538. The van der Waals surface area contributed by atoms with Gasteiger partial charge in [-0.05, 0) is 37.6 Å². The van der Waals surface area contributed by atoms with Crippen LogP contribution >= 0.6 is 11.6 Å². The number of halogens is 1. The second-order valence-corrected chi connectivity index (χ2v) is 5.87. The largest absolute Gasteiger partial charge is 0.453 e. The highest BCUT2D eigenvalue weighted by atomic mass is 35.5. The lowest BCUT2D eigenvalue weighted by molar-refractivity contribution is -0.153. The van der Waals surface area contributed by atoms with E-state index in [0.717, 1.165) is 4.90 Å². The smallest absolute Gasteiger partial charge is 0.324 e. The first-order chi connectivity index (χ1) is 11.9. The zero-order valence-corrected chi connectivity index (χ0v) is 14.3. The van der Waals surface area contributed by atoms with Crippen molar-refractivity contribution in [1.82, 2.24) is 10.2 Å². The first-order valence-corrected chi connectivity index (χ1v) is 8.08. The van der Waals surface area contributed by atoms with Crippen LogP contribution in [0.5, 0.6) is 0 Å². The molecule has 9 heteroatoms. The van der Waals surface area contributed by atoms with Crippen LogP contribution in [0.15, 0.2) is 24.3 Å². The molecule has 1 aromatic rings. The van der Waals surface area contributed by atoms with Gasteiger partial charge in [-0.1, -0.05) is 11.6 Å². The van der Waals surface area contributed by atoms with Crippen LogP contribution in [0.4, 0.5) is 10.5 Å². The van der Waals surface area contributed by atoms with Crippen molar-refractivity contribution < 1.29 is 23.9 Å². The maximum absolute atomic E-state index is 12.0. The molecule has 25 heavy (non-hydrogen) atoms. The van der Waals surface area contributed by atoms with Gasteiger partial charge in [0.25, 0.3) is 5.91 Å². The summed E-state index contributed by atoms with van der Waals surface area (Å²) < 4.78 is 5.05. The van der Waals surface area contributed by atoms with Gasteiger partial charge in [-0.25, -0.2) is 4.79 Å². The van der Waals surface area contributed by atoms with Gasteiger partial charge in [-0.15, -0.1) is 0 Å². The number of amides is 4. The summed E-state index contributed by atoms with van der Waals surface area (Å²) in [6.07, 6.45) is -0.709. The van der Waals surface area contributed by atoms with Gasteiger partial charge >= 0.3 is 12.0 Å². The van der Waals surface area contributed by atoms with Gasteiger partial charge in [-0.2, -0.15) is 0 Å². The number of hydrogen-bond acceptors (Lipinski definition) is 5. The standard InChI is InChI=1S/C16H18ClN3O5/c1-10(15(23)19-12-6-4-11(17)5-7-12)25-14(22)3-2-8-20-13(21)9-18-16(20)24/h4-7,10H,2-3,8-9H2,1H3,(H,18,24)(H,19,23)/t10-/m0/s1. The van der Waals surface area contributed by atoms with Crippen molar-refractivity contribution in [3.8, 4) is 0 Å². The molecule has 1 atom stereocenters. The van der Waals surface area contributed by atoms with Gasteiger partial charge in [0.1, 0.15) is 0 Å². The molecule has 4 amide bonds. The Kier molecular flexibility index (Phi) is 6.35. The molecular weight excluding hydrogens is 350 g/mol. The predicted molar refractivity (Wildman–Crippen MR) is 90.0 cm³/mol. The summed E-state index contributed by atoms with van der Waals surface area (Å²) in [5.74, 6) is -1.37. The Bertz CT molecular complexity index is 661. The summed E-state index contributed by atoms with van der Waals surface area (Å²) in [4.78, 5) is 47.5. The van der Waals surface area contributed by atoms with Gasteiger partial charge in [0.05, 0.1) is 6.54 Å². The normalized spacial score (nSPS) is 14.9. The summed E-state index contributed by atoms with van der Waals surface area (Å²) in [5, 5.41) is 5.54. The van der Waals surface area contributed by atoms with Crippen molar-refractivity contribution in [2.24, 2.45) is 0 Å². The second kappa shape index (κ2) is 8.48. The first kappa shape index (κ1) is 18.7. The van der Waals surface area contributed by atoms with Crippen LogP contribution in [-0.4, -0.2) is 47.9 Å². The maximum atomic E-state index is 12.0. The quantitative estimate of drug-likeness (QED) is 0.562. The molecule has 1 aliphatic rings. The molecule has 0 saturated carbocycles. The molecule has 1 saturated heterocycles. The maximum Gasteiger partial charge on any atom is 0.324 e. The van der Waals surface area contributed by atoms with Crippen molar-refractivity contribution >= 4 is 41.1 Å². The van der Waals surface area contributed by atoms with E-state index in [9.17, 15) is 19.2 Å². The van der Waals surface area contributed by atoms with E-state index in [-0.39, 0.29) is 31.8 Å². The van der Waals surface area contributed by atoms with Gasteiger partial charge in [0.2, 0.25) is 5.91 Å². The number of carbonyl (C=O) groups excluding carboxylic acids is 4. The molecule has 1 heterocycles. The Morgan fingerprint density at radius 1 is 1.32 bits per heavy atom. The average molecular weight is 368 g/mol. The molecule has 8 nitrogen and oxygen atoms in total. The summed E-state index contributed by atoms with van der Waals surface area (Å²) in [6, 6.07) is 6.06. The van der Waals surface area contributed by atoms with Crippen LogP contribution in [0.2, 0.25) is 5.02 Å². The van der Waals surface area contributed by atoms with Crippen LogP contribution in [0.3, 0.4) is 0 Å². The van der Waals surface area contributed by atoms with E-state index in [4.69, 9.17) is 16.3 Å².